The lowest BCUT2D eigenvalue weighted by Gasteiger charge is -2.36. The summed E-state index contributed by atoms with van der Waals surface area (Å²) >= 11 is 0. The maximum atomic E-state index is 13.1. The van der Waals surface area contributed by atoms with Gasteiger partial charge < -0.3 is 19.6 Å². The van der Waals surface area contributed by atoms with Crippen molar-refractivity contribution in [1.82, 2.24) is 15.1 Å². The summed E-state index contributed by atoms with van der Waals surface area (Å²) in [6.07, 6.45) is 7.95. The number of piperidine rings is 1. The number of unbranched alkanes of at least 4 members (excludes halogenated alkanes) is 2. The number of piperazine rings is 1. The molecule has 0 saturated carbocycles. The van der Waals surface area contributed by atoms with Gasteiger partial charge in [-0.1, -0.05) is 60.7 Å². The molecule has 53 heavy (non-hydrogen) atoms. The Morgan fingerprint density at radius 1 is 0.849 bits per heavy atom. The number of carbonyl (C=O) groups is 3. The Kier molecular flexibility index (Phi) is 11.5. The van der Waals surface area contributed by atoms with E-state index in [1.54, 1.807) is 17.0 Å². The lowest BCUT2D eigenvalue weighted by molar-refractivity contribution is -0.136. The zero-order chi connectivity index (χ0) is 36.6. The van der Waals surface area contributed by atoms with Crippen molar-refractivity contribution in [2.24, 2.45) is 0 Å². The smallest absolute Gasteiger partial charge is 0.255 e. The number of allylic oxidation sites excluding steroid dienone is 1. The number of aromatic hydroxyl groups is 1. The molecular formula is C44H48N4O5. The number of fused-ring (bicyclic) bond motifs is 1. The molecule has 3 amide bonds. The molecule has 0 aliphatic carbocycles. The van der Waals surface area contributed by atoms with E-state index in [9.17, 15) is 19.5 Å². The second kappa shape index (κ2) is 16.9. The Labute approximate surface area is 311 Å². The fourth-order valence-corrected chi connectivity index (χ4v) is 7.55. The van der Waals surface area contributed by atoms with Crippen molar-refractivity contribution in [3.05, 3.63) is 125 Å². The minimum Gasteiger partial charge on any atom is -0.508 e. The topological polar surface area (TPSA) is 102 Å². The molecule has 0 radical (unpaired) electrons. The van der Waals surface area contributed by atoms with Crippen LogP contribution >= 0.6 is 0 Å². The molecule has 7 rings (SSSR count). The van der Waals surface area contributed by atoms with Crippen LogP contribution in [0.3, 0.4) is 0 Å². The Hall–Kier alpha value is -5.41. The highest BCUT2D eigenvalue weighted by molar-refractivity contribution is 6.05. The van der Waals surface area contributed by atoms with Gasteiger partial charge in [-0.25, -0.2) is 0 Å². The third-order valence-corrected chi connectivity index (χ3v) is 10.6. The van der Waals surface area contributed by atoms with Gasteiger partial charge in [-0.3, -0.25) is 24.6 Å². The van der Waals surface area contributed by atoms with E-state index in [-0.39, 0.29) is 24.1 Å². The van der Waals surface area contributed by atoms with E-state index in [2.05, 4.69) is 75.8 Å². The van der Waals surface area contributed by atoms with Gasteiger partial charge in [0.15, 0.2) is 0 Å². The first-order valence-electron chi connectivity index (χ1n) is 18.9. The zero-order valence-corrected chi connectivity index (χ0v) is 30.2. The maximum Gasteiger partial charge on any atom is 0.255 e. The Bertz CT molecular complexity index is 1920. The molecule has 0 bridgehead atoms. The summed E-state index contributed by atoms with van der Waals surface area (Å²) in [6.45, 7) is 6.04. The van der Waals surface area contributed by atoms with Gasteiger partial charge in [0.05, 0.1) is 6.61 Å². The SMILES string of the molecule is O=C1CC[C@H](N2Cc3cc(N4CCN(CCCCCOc5ccc(C=C(CCc6ccc(O)cc6)c6ccccc6)cc5)CC4)ccc3C2=O)C(=O)N1. The van der Waals surface area contributed by atoms with Crippen LogP contribution in [0.15, 0.2) is 97.1 Å². The number of amides is 3. The van der Waals surface area contributed by atoms with Crippen LogP contribution in [0.1, 0.15) is 71.1 Å². The molecular weight excluding hydrogens is 665 g/mol. The Morgan fingerprint density at radius 3 is 2.38 bits per heavy atom. The molecule has 0 spiro atoms. The third-order valence-electron chi connectivity index (χ3n) is 10.6. The molecule has 3 heterocycles. The van der Waals surface area contributed by atoms with Gasteiger partial charge in [0.2, 0.25) is 11.8 Å². The minimum atomic E-state index is -0.588. The van der Waals surface area contributed by atoms with Crippen LogP contribution in [0.25, 0.3) is 11.6 Å². The molecule has 3 aliphatic rings. The monoisotopic (exact) mass is 712 g/mol. The van der Waals surface area contributed by atoms with Crippen molar-refractivity contribution in [3.8, 4) is 11.5 Å². The van der Waals surface area contributed by atoms with E-state index < -0.39 is 6.04 Å². The van der Waals surface area contributed by atoms with Crippen LogP contribution in [-0.4, -0.2) is 78.0 Å². The fourth-order valence-electron chi connectivity index (χ4n) is 7.55. The summed E-state index contributed by atoms with van der Waals surface area (Å²) in [5.41, 5.74) is 7.55. The van der Waals surface area contributed by atoms with Gasteiger partial charge in [0.25, 0.3) is 5.91 Å². The number of nitrogens with one attached hydrogen (secondary N) is 1. The summed E-state index contributed by atoms with van der Waals surface area (Å²) < 4.78 is 6.09. The number of phenols is 1. The lowest BCUT2D eigenvalue weighted by atomic mass is 9.96. The van der Waals surface area contributed by atoms with E-state index in [1.807, 2.05) is 30.3 Å². The van der Waals surface area contributed by atoms with Gasteiger partial charge >= 0.3 is 0 Å². The lowest BCUT2D eigenvalue weighted by Crippen LogP contribution is -2.52. The molecule has 0 aromatic heterocycles. The standard InChI is InChI=1S/C44H48N4O5/c49-38-16-10-32(11-17-38)9-14-35(34-7-3-1-4-8-34)29-33-12-18-39(19-13-33)53-28-6-2-5-23-46-24-26-47(27-25-46)37-15-20-40-36(30-37)31-48(44(40)52)41-21-22-42(50)45-43(41)51/h1,3-4,7-8,10-13,15-20,29-30,41,49H,2,5-6,9,14,21-28,31H2,(H,45,50,51)/t41-/m0/s1. The average Bonchev–Trinajstić information content (AvgIpc) is 3.51. The number of ether oxygens (including phenoxy) is 1. The Balaban J connectivity index is 0.813. The second-order valence-electron chi connectivity index (χ2n) is 14.3. The van der Waals surface area contributed by atoms with Gasteiger partial charge in [-0.2, -0.15) is 0 Å². The molecule has 2 fully saturated rings. The van der Waals surface area contributed by atoms with E-state index in [4.69, 9.17) is 4.74 Å². The van der Waals surface area contributed by atoms with E-state index in [0.717, 1.165) is 87.4 Å². The number of hydrogen-bond donors (Lipinski definition) is 2. The quantitative estimate of drug-likeness (QED) is 0.0853. The summed E-state index contributed by atoms with van der Waals surface area (Å²) in [7, 11) is 0. The van der Waals surface area contributed by atoms with Crippen molar-refractivity contribution < 1.29 is 24.2 Å². The predicted molar refractivity (Wildman–Crippen MR) is 208 cm³/mol. The highest BCUT2D eigenvalue weighted by atomic mass is 16.5. The fraction of sp³-hybridized carbons (Fsp3) is 0.341. The second-order valence-corrected chi connectivity index (χ2v) is 14.3. The molecule has 3 aliphatic heterocycles. The Morgan fingerprint density at radius 2 is 1.62 bits per heavy atom. The normalized spacial score (nSPS) is 17.9. The third kappa shape index (κ3) is 9.15. The van der Waals surface area contributed by atoms with Gasteiger partial charge in [0, 0.05) is 50.4 Å². The first-order valence-corrected chi connectivity index (χ1v) is 18.9. The first-order chi connectivity index (χ1) is 25.9. The number of carbonyl (C=O) groups excluding carboxylic acids is 3. The number of anilines is 1. The molecule has 0 unspecified atom stereocenters. The van der Waals surface area contributed by atoms with Crippen molar-refractivity contribution in [2.45, 2.75) is 57.5 Å². The van der Waals surface area contributed by atoms with Gasteiger partial charge in [-0.15, -0.1) is 0 Å². The van der Waals surface area contributed by atoms with Crippen LogP contribution in [-0.2, 0) is 22.6 Å². The highest BCUT2D eigenvalue weighted by Gasteiger charge is 2.39. The predicted octanol–water partition coefficient (Wildman–Crippen LogP) is 6.70. The molecule has 2 N–H and O–H groups in total. The molecule has 2 saturated heterocycles. The molecule has 4 aromatic carbocycles. The largest absolute Gasteiger partial charge is 0.508 e. The van der Waals surface area contributed by atoms with Crippen LogP contribution in [0.2, 0.25) is 0 Å². The highest BCUT2D eigenvalue weighted by Crippen LogP contribution is 2.31. The number of imide groups is 1. The summed E-state index contributed by atoms with van der Waals surface area (Å²) in [5.74, 6) is 0.404. The summed E-state index contributed by atoms with van der Waals surface area (Å²) in [5, 5.41) is 12.0. The van der Waals surface area contributed by atoms with Crippen LogP contribution in [0.5, 0.6) is 11.5 Å². The van der Waals surface area contributed by atoms with E-state index in [1.165, 1.54) is 16.7 Å². The number of phenolic OH excluding ortho intramolecular Hbond substituents is 1. The molecule has 9 heteroatoms. The number of nitrogens with zero attached hydrogens (tertiary/aromatic N) is 3. The average molecular weight is 713 g/mol. The van der Waals surface area contributed by atoms with E-state index >= 15 is 0 Å². The molecule has 9 nitrogen and oxygen atoms in total. The molecule has 274 valence electrons. The molecule has 1 atom stereocenters. The van der Waals surface area contributed by atoms with Crippen molar-refractivity contribution in [2.75, 3.05) is 44.2 Å². The number of rotatable bonds is 14. The zero-order valence-electron chi connectivity index (χ0n) is 30.2. The molecule has 4 aromatic rings. The number of benzene rings is 4. The summed E-state index contributed by atoms with van der Waals surface area (Å²) in [4.78, 5) is 43.6. The number of hydrogen-bond acceptors (Lipinski definition) is 7. The number of aryl methyl sites for hydroxylation is 1. The van der Waals surface area contributed by atoms with Crippen molar-refractivity contribution in [1.29, 1.82) is 0 Å². The first kappa shape index (κ1) is 36.0. The van der Waals surface area contributed by atoms with Gasteiger partial charge in [0.1, 0.15) is 17.5 Å². The van der Waals surface area contributed by atoms with Crippen LogP contribution in [0, 0.1) is 0 Å². The maximum absolute atomic E-state index is 13.1. The van der Waals surface area contributed by atoms with Crippen LogP contribution in [0.4, 0.5) is 5.69 Å². The minimum absolute atomic E-state index is 0.130. The van der Waals surface area contributed by atoms with Crippen LogP contribution < -0.4 is 15.0 Å². The van der Waals surface area contributed by atoms with Crippen molar-refractivity contribution >= 4 is 35.1 Å². The van der Waals surface area contributed by atoms with E-state index in [0.29, 0.717) is 30.9 Å². The summed E-state index contributed by atoms with van der Waals surface area (Å²) in [6, 6.07) is 31.7. The van der Waals surface area contributed by atoms with Gasteiger partial charge in [-0.05, 0) is 115 Å². The van der Waals surface area contributed by atoms with Crippen molar-refractivity contribution in [3.63, 3.8) is 0 Å².